The predicted molar refractivity (Wildman–Crippen MR) is 122 cm³/mol. The number of hydrogen-bond acceptors (Lipinski definition) is 0. The molecule has 0 nitrogen and oxygen atoms in total. The third kappa shape index (κ3) is 3.27. The normalized spacial score (nSPS) is 40.9. The van der Waals surface area contributed by atoms with Gasteiger partial charge in [0.15, 0.2) is 0 Å². The van der Waals surface area contributed by atoms with Crippen LogP contribution in [0.1, 0.15) is 106 Å². The van der Waals surface area contributed by atoms with Crippen LogP contribution in [0.5, 0.6) is 0 Å². The van der Waals surface area contributed by atoms with Crippen LogP contribution in [0.15, 0.2) is 34.4 Å². The van der Waals surface area contributed by atoms with Gasteiger partial charge >= 0.3 is 0 Å². The molecule has 1 fully saturated rings. The van der Waals surface area contributed by atoms with Crippen molar-refractivity contribution >= 4 is 0 Å². The van der Waals surface area contributed by atoms with Crippen molar-refractivity contribution in [1.82, 2.24) is 0 Å². The van der Waals surface area contributed by atoms with Crippen LogP contribution in [-0.2, 0) is 0 Å². The Hall–Kier alpha value is -0.780. The van der Waals surface area contributed by atoms with Gasteiger partial charge in [-0.15, -0.1) is 0 Å². The second-order valence-corrected chi connectivity index (χ2v) is 11.7. The van der Waals surface area contributed by atoms with Gasteiger partial charge in [0.05, 0.1) is 0 Å². The quantitative estimate of drug-likeness (QED) is 0.428. The third-order valence-corrected chi connectivity index (χ3v) is 9.63. The average molecular weight is 381 g/mol. The lowest BCUT2D eigenvalue weighted by molar-refractivity contribution is 0.0850. The topological polar surface area (TPSA) is 0 Å². The molecule has 4 aliphatic carbocycles. The zero-order valence-electron chi connectivity index (χ0n) is 19.5. The van der Waals surface area contributed by atoms with Gasteiger partial charge in [0.2, 0.25) is 0 Å². The largest absolute Gasteiger partial charge is 0.0859 e. The van der Waals surface area contributed by atoms with Crippen molar-refractivity contribution in [2.45, 2.75) is 106 Å². The van der Waals surface area contributed by atoms with Crippen LogP contribution in [0.4, 0.5) is 0 Å². The Labute approximate surface area is 175 Å². The molecule has 0 bridgehead atoms. The number of allylic oxidation sites excluding steroid dienone is 6. The van der Waals surface area contributed by atoms with E-state index in [4.69, 9.17) is 0 Å². The van der Waals surface area contributed by atoms with Crippen molar-refractivity contribution in [2.24, 2.45) is 34.5 Å². The fourth-order valence-electron chi connectivity index (χ4n) is 7.80. The molecule has 6 atom stereocenters. The summed E-state index contributed by atoms with van der Waals surface area (Å²) in [6, 6.07) is 0. The standard InChI is InChI=1S/C28H44/c1-19(2)8-7-9-21(4)24-12-13-25-23-11-10-22-18-20(3)14-16-27(22,5)26(23)15-17-28(24,25)6/h8,13,20-22,24H,7,9-12,14-18H2,1-6H3/t20?,21-,22?,24-,27+,28-/m1/s1. The Bertz CT molecular complexity index is 700. The minimum atomic E-state index is 0.453. The zero-order valence-corrected chi connectivity index (χ0v) is 19.5. The SMILES string of the molecule is CC(C)=CCC[C@@H](C)[C@H]1CC=C2C3=C(CC[C@@]21C)[C@@]1(C)CCC(C)CC1CC3. The molecule has 0 heteroatoms. The minimum Gasteiger partial charge on any atom is -0.0859 e. The molecular weight excluding hydrogens is 336 g/mol. The van der Waals surface area contributed by atoms with Gasteiger partial charge in [-0.25, -0.2) is 0 Å². The van der Waals surface area contributed by atoms with Crippen LogP contribution in [0, 0.1) is 34.5 Å². The van der Waals surface area contributed by atoms with Crippen LogP contribution in [-0.4, -0.2) is 0 Å². The summed E-state index contributed by atoms with van der Waals surface area (Å²) in [4.78, 5) is 0. The Balaban J connectivity index is 1.56. The summed E-state index contributed by atoms with van der Waals surface area (Å²) >= 11 is 0. The molecule has 0 aromatic carbocycles. The van der Waals surface area contributed by atoms with Crippen LogP contribution >= 0.6 is 0 Å². The highest BCUT2D eigenvalue weighted by atomic mass is 14.6. The van der Waals surface area contributed by atoms with Gasteiger partial charge in [0.25, 0.3) is 0 Å². The Kier molecular flexibility index (Phi) is 5.47. The van der Waals surface area contributed by atoms with Crippen molar-refractivity contribution in [3.8, 4) is 0 Å². The third-order valence-electron chi connectivity index (χ3n) is 9.63. The summed E-state index contributed by atoms with van der Waals surface area (Å²) in [5.74, 6) is 3.60. The molecular formula is C28H44. The summed E-state index contributed by atoms with van der Waals surface area (Å²) in [6.07, 6.45) is 19.1. The minimum absolute atomic E-state index is 0.453. The van der Waals surface area contributed by atoms with E-state index < -0.39 is 0 Å². The second-order valence-electron chi connectivity index (χ2n) is 11.7. The van der Waals surface area contributed by atoms with Gasteiger partial charge in [-0.05, 0) is 124 Å². The van der Waals surface area contributed by atoms with E-state index in [1.165, 1.54) is 69.8 Å². The van der Waals surface area contributed by atoms with Crippen LogP contribution in [0.3, 0.4) is 0 Å². The van der Waals surface area contributed by atoms with Gasteiger partial charge in [0.1, 0.15) is 0 Å². The highest BCUT2D eigenvalue weighted by Crippen LogP contribution is 2.64. The van der Waals surface area contributed by atoms with Crippen LogP contribution < -0.4 is 0 Å². The summed E-state index contributed by atoms with van der Waals surface area (Å²) in [5, 5.41) is 0. The number of fused-ring (bicyclic) bond motifs is 4. The van der Waals surface area contributed by atoms with E-state index >= 15 is 0 Å². The molecule has 0 radical (unpaired) electrons. The highest BCUT2D eigenvalue weighted by Gasteiger charge is 2.52. The molecule has 0 aromatic rings. The smallest absolute Gasteiger partial charge is 0.00389 e. The summed E-state index contributed by atoms with van der Waals surface area (Å²) in [5.41, 5.74) is 8.02. The zero-order chi connectivity index (χ0) is 20.1. The van der Waals surface area contributed by atoms with Gasteiger partial charge < -0.3 is 0 Å². The molecule has 0 saturated heterocycles. The first-order chi connectivity index (χ1) is 13.3. The first-order valence-electron chi connectivity index (χ1n) is 12.3. The second kappa shape index (κ2) is 7.48. The van der Waals surface area contributed by atoms with E-state index in [1.807, 2.05) is 16.7 Å². The Morgan fingerprint density at radius 3 is 2.68 bits per heavy atom. The van der Waals surface area contributed by atoms with E-state index in [0.29, 0.717) is 10.8 Å². The molecule has 0 amide bonds. The first kappa shape index (κ1) is 20.5. The van der Waals surface area contributed by atoms with Crippen molar-refractivity contribution in [3.63, 3.8) is 0 Å². The predicted octanol–water partition coefficient (Wildman–Crippen LogP) is 8.65. The van der Waals surface area contributed by atoms with E-state index in [2.05, 4.69) is 53.7 Å². The maximum atomic E-state index is 2.70. The van der Waals surface area contributed by atoms with Gasteiger partial charge in [-0.2, -0.15) is 0 Å². The molecule has 4 rings (SSSR count). The maximum Gasteiger partial charge on any atom is -0.00389 e. The Morgan fingerprint density at radius 1 is 1.14 bits per heavy atom. The number of rotatable bonds is 4. The van der Waals surface area contributed by atoms with Gasteiger partial charge in [0, 0.05) is 0 Å². The molecule has 0 aliphatic heterocycles. The lowest BCUT2D eigenvalue weighted by Gasteiger charge is -2.54. The molecule has 156 valence electrons. The molecule has 0 aromatic heterocycles. The lowest BCUT2D eigenvalue weighted by Crippen LogP contribution is -2.42. The highest BCUT2D eigenvalue weighted by molar-refractivity contribution is 5.49. The lowest BCUT2D eigenvalue weighted by atomic mass is 9.51. The fraction of sp³-hybridized carbons (Fsp3) is 0.786. The van der Waals surface area contributed by atoms with E-state index in [0.717, 1.165) is 23.7 Å². The van der Waals surface area contributed by atoms with Crippen LogP contribution in [0.25, 0.3) is 0 Å². The van der Waals surface area contributed by atoms with Crippen LogP contribution in [0.2, 0.25) is 0 Å². The maximum absolute atomic E-state index is 2.70. The van der Waals surface area contributed by atoms with Gasteiger partial charge in [-0.1, -0.05) is 51.0 Å². The summed E-state index contributed by atoms with van der Waals surface area (Å²) in [7, 11) is 0. The van der Waals surface area contributed by atoms with E-state index in [-0.39, 0.29) is 0 Å². The molecule has 4 aliphatic rings. The summed E-state index contributed by atoms with van der Waals surface area (Å²) in [6.45, 7) is 14.8. The molecule has 2 unspecified atom stereocenters. The van der Waals surface area contributed by atoms with Crippen molar-refractivity contribution in [2.75, 3.05) is 0 Å². The number of hydrogen-bond donors (Lipinski definition) is 0. The average Bonchev–Trinajstić information content (AvgIpc) is 2.99. The molecule has 1 saturated carbocycles. The fourth-order valence-corrected chi connectivity index (χ4v) is 7.80. The monoisotopic (exact) mass is 380 g/mol. The van der Waals surface area contributed by atoms with E-state index in [1.54, 1.807) is 0 Å². The van der Waals surface area contributed by atoms with Gasteiger partial charge in [-0.3, -0.25) is 0 Å². The molecule has 0 spiro atoms. The summed E-state index contributed by atoms with van der Waals surface area (Å²) < 4.78 is 0. The molecule has 0 N–H and O–H groups in total. The molecule has 0 heterocycles. The van der Waals surface area contributed by atoms with Crippen molar-refractivity contribution in [1.29, 1.82) is 0 Å². The van der Waals surface area contributed by atoms with Crippen molar-refractivity contribution in [3.05, 3.63) is 34.4 Å². The van der Waals surface area contributed by atoms with Crippen molar-refractivity contribution < 1.29 is 0 Å². The Morgan fingerprint density at radius 2 is 1.93 bits per heavy atom. The first-order valence-corrected chi connectivity index (χ1v) is 12.3. The molecule has 28 heavy (non-hydrogen) atoms. The van der Waals surface area contributed by atoms with E-state index in [9.17, 15) is 0 Å².